The summed E-state index contributed by atoms with van der Waals surface area (Å²) in [7, 11) is 0. The lowest BCUT2D eigenvalue weighted by molar-refractivity contribution is -0.117. The Hall–Kier alpha value is -7.41. The molecule has 0 saturated carbocycles. The van der Waals surface area contributed by atoms with E-state index in [9.17, 15) is 14.4 Å². The van der Waals surface area contributed by atoms with Crippen LogP contribution in [-0.2, 0) is 34.0 Å². The van der Waals surface area contributed by atoms with E-state index in [0.717, 1.165) is 146 Å². The van der Waals surface area contributed by atoms with Crippen LogP contribution in [-0.4, -0.2) is 136 Å². The van der Waals surface area contributed by atoms with Crippen molar-refractivity contribution in [3.8, 4) is 33.8 Å². The highest BCUT2D eigenvalue weighted by molar-refractivity contribution is 5.92. The minimum atomic E-state index is 0.00576. The van der Waals surface area contributed by atoms with Gasteiger partial charge in [0.05, 0.1) is 38.2 Å². The van der Waals surface area contributed by atoms with Crippen molar-refractivity contribution in [1.82, 2.24) is 59.7 Å². The quantitative estimate of drug-likeness (QED) is 0.0389. The molecular formula is C57H75N15O3. The second-order valence-corrected chi connectivity index (χ2v) is 18.8. The minimum absolute atomic E-state index is 0.00576. The fourth-order valence-corrected chi connectivity index (χ4v) is 9.05. The van der Waals surface area contributed by atoms with Crippen molar-refractivity contribution in [3.05, 3.63) is 126 Å². The molecule has 0 aliphatic carbocycles. The van der Waals surface area contributed by atoms with E-state index in [1.54, 1.807) is 0 Å². The Morgan fingerprint density at radius 1 is 0.400 bits per heavy atom. The zero-order chi connectivity index (χ0) is 52.9. The molecule has 0 saturated heterocycles. The van der Waals surface area contributed by atoms with Crippen molar-refractivity contribution >= 4 is 34.8 Å². The number of hydrogen-bond acceptors (Lipinski definition) is 12. The monoisotopic (exact) mass is 1020 g/mol. The molecule has 0 spiro atoms. The second-order valence-electron chi connectivity index (χ2n) is 18.8. The number of anilines is 3. The lowest BCUT2D eigenvalue weighted by Crippen LogP contribution is -2.25. The minimum Gasteiger partial charge on any atom is -0.326 e. The molecule has 0 atom stereocenters. The third-order valence-corrected chi connectivity index (χ3v) is 13.5. The van der Waals surface area contributed by atoms with E-state index in [-0.39, 0.29) is 17.7 Å². The van der Waals surface area contributed by atoms with Crippen LogP contribution in [0, 0.1) is 0 Å². The Bertz CT molecular complexity index is 2540. The molecule has 75 heavy (non-hydrogen) atoms. The average molecular weight is 1020 g/mol. The summed E-state index contributed by atoms with van der Waals surface area (Å²) >= 11 is 0. The lowest BCUT2D eigenvalue weighted by Gasteiger charge is -2.17. The number of nitrogens with zero attached hydrogens (tertiary/aromatic N) is 12. The topological polar surface area (TPSA) is 189 Å². The Kier molecular flexibility index (Phi) is 20.9. The summed E-state index contributed by atoms with van der Waals surface area (Å²) in [6.45, 7) is 22.8. The van der Waals surface area contributed by atoms with E-state index in [1.165, 1.54) is 0 Å². The molecule has 7 aromatic rings. The third kappa shape index (κ3) is 17.1. The third-order valence-electron chi connectivity index (χ3n) is 13.5. The first kappa shape index (κ1) is 55.3. The molecule has 0 aliphatic rings. The maximum atomic E-state index is 12.7. The van der Waals surface area contributed by atoms with Crippen molar-refractivity contribution < 1.29 is 14.4 Å². The SMILES string of the molecule is CCN(CC)CCCC(=O)Nc1ccc(-c2cn(Cc3cc(Cn4cc(-c5ccc(NC(=O)CCCN(CC)CC)cc5)nn4)cc(Cn4cc(-c5ccc(NC(=O)CCCN(CC)CC)cc5)nn4)c3)nn2)cc1. The molecule has 396 valence electrons. The molecular weight excluding hydrogens is 943 g/mol. The fraction of sp³-hybridized carbons (Fsp3) is 0.421. The Balaban J connectivity index is 1.02. The predicted octanol–water partition coefficient (Wildman–Crippen LogP) is 8.79. The van der Waals surface area contributed by atoms with Gasteiger partial charge in [0.2, 0.25) is 17.7 Å². The average Bonchev–Trinajstić information content (AvgIpc) is 4.21. The molecule has 18 heteroatoms. The van der Waals surface area contributed by atoms with Crippen molar-refractivity contribution in [1.29, 1.82) is 0 Å². The van der Waals surface area contributed by atoms with Crippen LogP contribution in [0.2, 0.25) is 0 Å². The van der Waals surface area contributed by atoms with Gasteiger partial charge in [0, 0.05) is 53.0 Å². The van der Waals surface area contributed by atoms with Crippen LogP contribution < -0.4 is 16.0 Å². The molecule has 0 unspecified atom stereocenters. The number of carbonyl (C=O) groups excluding carboxylic acids is 3. The van der Waals surface area contributed by atoms with E-state index in [1.807, 2.05) is 105 Å². The van der Waals surface area contributed by atoms with Crippen LogP contribution in [0.15, 0.2) is 110 Å². The maximum Gasteiger partial charge on any atom is 0.224 e. The zero-order valence-corrected chi connectivity index (χ0v) is 44.7. The smallest absolute Gasteiger partial charge is 0.224 e. The van der Waals surface area contributed by atoms with Crippen molar-refractivity contribution in [2.24, 2.45) is 0 Å². The number of carbonyl (C=O) groups is 3. The standard InChI is InChI=1S/C57H75N15O3/c1-7-67(8-2)31-13-16-55(73)58-49-25-19-46(20-26-49)52-40-70(64-61-52)37-43-34-44(38-71-41-53(62-65-71)47-21-27-50(28-22-47)59-56(74)17-14-32-68(9-3)10-4)36-45(35-43)39-72-42-54(63-66-72)48-23-29-51(30-24-48)60-57(75)18-15-33-69(11-5)12-6/h19-30,34-36,40-42H,7-18,31-33,37-39H2,1-6H3,(H,58,73)(H,59,74)(H,60,75). The van der Waals surface area contributed by atoms with Gasteiger partial charge in [-0.2, -0.15) is 0 Å². The summed E-state index contributed by atoms with van der Waals surface area (Å²) < 4.78 is 5.46. The molecule has 3 N–H and O–H groups in total. The molecule has 3 heterocycles. The maximum absolute atomic E-state index is 12.7. The van der Waals surface area contributed by atoms with E-state index < -0.39 is 0 Å². The summed E-state index contributed by atoms with van der Waals surface area (Å²) in [4.78, 5) is 44.9. The molecule has 7 rings (SSSR count). The van der Waals surface area contributed by atoms with E-state index in [2.05, 4.69) is 121 Å². The number of aromatic nitrogens is 9. The zero-order valence-electron chi connectivity index (χ0n) is 44.7. The Morgan fingerprint density at radius 2 is 0.653 bits per heavy atom. The first-order valence-electron chi connectivity index (χ1n) is 26.7. The number of nitrogens with one attached hydrogen (secondary N) is 3. The highest BCUT2D eigenvalue weighted by Gasteiger charge is 2.14. The largest absolute Gasteiger partial charge is 0.326 e. The lowest BCUT2D eigenvalue weighted by atomic mass is 10.0. The molecule has 0 fully saturated rings. The highest BCUT2D eigenvalue weighted by atomic mass is 16.2. The molecule has 0 aliphatic heterocycles. The number of benzene rings is 4. The summed E-state index contributed by atoms with van der Waals surface area (Å²) in [5.74, 6) is 0.0173. The van der Waals surface area contributed by atoms with Gasteiger partial charge in [0.1, 0.15) is 17.1 Å². The molecule has 3 aromatic heterocycles. The van der Waals surface area contributed by atoms with Gasteiger partial charge in [0.25, 0.3) is 0 Å². The van der Waals surface area contributed by atoms with E-state index in [0.29, 0.717) is 38.9 Å². The van der Waals surface area contributed by atoms with Gasteiger partial charge >= 0.3 is 0 Å². The number of amides is 3. The van der Waals surface area contributed by atoms with E-state index in [4.69, 9.17) is 0 Å². The number of rotatable bonds is 30. The van der Waals surface area contributed by atoms with Crippen molar-refractivity contribution in [2.45, 2.75) is 99.7 Å². The van der Waals surface area contributed by atoms with Gasteiger partial charge in [-0.3, -0.25) is 14.4 Å². The van der Waals surface area contributed by atoms with E-state index >= 15 is 0 Å². The first-order chi connectivity index (χ1) is 36.5. The van der Waals surface area contributed by atoms with Gasteiger partial charge in [-0.25, -0.2) is 14.0 Å². The van der Waals surface area contributed by atoms with Gasteiger partial charge in [-0.1, -0.05) is 112 Å². The summed E-state index contributed by atoms with van der Waals surface area (Å²) in [5.41, 5.74) is 10.1. The van der Waals surface area contributed by atoms with Crippen LogP contribution in [0.5, 0.6) is 0 Å². The van der Waals surface area contributed by atoms with Crippen LogP contribution in [0.1, 0.15) is 96.8 Å². The van der Waals surface area contributed by atoms with Gasteiger partial charge in [0.15, 0.2) is 0 Å². The highest BCUT2D eigenvalue weighted by Crippen LogP contribution is 2.24. The number of hydrogen-bond donors (Lipinski definition) is 3. The van der Waals surface area contributed by atoms with Crippen molar-refractivity contribution in [2.75, 3.05) is 74.9 Å². The summed E-state index contributed by atoms with van der Waals surface area (Å²) in [6.07, 6.45) is 9.64. The fourth-order valence-electron chi connectivity index (χ4n) is 9.05. The Morgan fingerprint density at radius 3 is 0.893 bits per heavy atom. The molecule has 0 radical (unpaired) electrons. The van der Waals surface area contributed by atoms with Gasteiger partial charge in [-0.05, 0) is 131 Å². The predicted molar refractivity (Wildman–Crippen MR) is 297 cm³/mol. The second kappa shape index (κ2) is 28.3. The van der Waals surface area contributed by atoms with Crippen LogP contribution in [0.25, 0.3) is 33.8 Å². The van der Waals surface area contributed by atoms with Gasteiger partial charge < -0.3 is 30.7 Å². The first-order valence-corrected chi connectivity index (χ1v) is 26.7. The summed E-state index contributed by atoms with van der Waals surface area (Å²) in [6, 6.07) is 29.5. The molecule has 0 bridgehead atoms. The molecule has 18 nitrogen and oxygen atoms in total. The Labute approximate surface area is 441 Å². The van der Waals surface area contributed by atoms with Crippen LogP contribution >= 0.6 is 0 Å². The summed E-state index contributed by atoms with van der Waals surface area (Å²) in [5, 5.41) is 36.1. The normalized spacial score (nSPS) is 11.5. The van der Waals surface area contributed by atoms with Crippen LogP contribution in [0.3, 0.4) is 0 Å². The van der Waals surface area contributed by atoms with Crippen molar-refractivity contribution in [3.63, 3.8) is 0 Å². The van der Waals surface area contributed by atoms with Crippen LogP contribution in [0.4, 0.5) is 17.1 Å². The van der Waals surface area contributed by atoms with Gasteiger partial charge in [-0.15, -0.1) is 15.3 Å². The molecule has 4 aromatic carbocycles. The molecule has 3 amide bonds.